The Bertz CT molecular complexity index is 504. The van der Waals surface area contributed by atoms with Gasteiger partial charge in [0, 0.05) is 25.2 Å². The van der Waals surface area contributed by atoms with Crippen LogP contribution >= 0.6 is 0 Å². The monoisotopic (exact) mass is 290 g/mol. The maximum absolute atomic E-state index is 6.15. The van der Waals surface area contributed by atoms with Crippen molar-refractivity contribution in [3.05, 3.63) is 23.3 Å². The number of fused-ring (bicyclic) bond motifs is 1. The van der Waals surface area contributed by atoms with E-state index < -0.39 is 0 Å². The summed E-state index contributed by atoms with van der Waals surface area (Å²) in [7, 11) is 3.40. The van der Waals surface area contributed by atoms with Crippen molar-refractivity contribution in [1.82, 2.24) is 4.90 Å². The number of hydrogen-bond donors (Lipinski definition) is 1. The van der Waals surface area contributed by atoms with Gasteiger partial charge in [-0.1, -0.05) is 6.42 Å². The van der Waals surface area contributed by atoms with E-state index in [2.05, 4.69) is 17.0 Å². The molecular formula is C17H26N2O2. The molecule has 1 aromatic carbocycles. The van der Waals surface area contributed by atoms with Gasteiger partial charge in [-0.05, 0) is 48.9 Å². The zero-order valence-electron chi connectivity index (χ0n) is 13.1. The first-order chi connectivity index (χ1) is 10.2. The second-order valence-corrected chi connectivity index (χ2v) is 6.28. The van der Waals surface area contributed by atoms with Crippen molar-refractivity contribution in [3.63, 3.8) is 0 Å². The predicted octanol–water partition coefficient (Wildman–Crippen LogP) is 2.33. The molecule has 3 rings (SSSR count). The molecule has 2 atom stereocenters. The highest BCUT2D eigenvalue weighted by Gasteiger charge is 2.28. The summed E-state index contributed by atoms with van der Waals surface area (Å²) in [4.78, 5) is 2.60. The second kappa shape index (κ2) is 6.24. The van der Waals surface area contributed by atoms with Gasteiger partial charge in [0.2, 0.25) is 0 Å². The molecular weight excluding hydrogens is 264 g/mol. The zero-order chi connectivity index (χ0) is 14.8. The molecule has 0 amide bonds. The maximum atomic E-state index is 6.15. The molecule has 2 N–H and O–H groups in total. The van der Waals surface area contributed by atoms with Crippen molar-refractivity contribution in [2.24, 2.45) is 5.73 Å². The molecule has 2 unspecified atom stereocenters. The van der Waals surface area contributed by atoms with Crippen LogP contribution in [-0.4, -0.2) is 37.7 Å². The molecule has 0 bridgehead atoms. The standard InChI is InChI=1S/C17H26N2O2/c1-20-16-8-12-6-7-19(11-13(12)9-17(16)21-2)15-5-3-4-14(18)10-15/h8-9,14-15H,3-7,10-11,18H2,1-2H3. The average molecular weight is 290 g/mol. The van der Waals surface area contributed by atoms with Crippen LogP contribution in [0.4, 0.5) is 0 Å². The fourth-order valence-electron chi connectivity index (χ4n) is 3.75. The Morgan fingerprint density at radius 3 is 2.48 bits per heavy atom. The van der Waals surface area contributed by atoms with Crippen LogP contribution in [0.15, 0.2) is 12.1 Å². The SMILES string of the molecule is COc1cc2c(cc1OC)CN(C1CCCC(N)C1)CC2. The first-order valence-electron chi connectivity index (χ1n) is 7.94. The van der Waals surface area contributed by atoms with E-state index in [1.165, 1.54) is 30.4 Å². The van der Waals surface area contributed by atoms with Crippen LogP contribution in [0.2, 0.25) is 0 Å². The smallest absolute Gasteiger partial charge is 0.161 e. The minimum absolute atomic E-state index is 0.385. The Hall–Kier alpha value is -1.26. The molecule has 1 aliphatic carbocycles. The molecule has 2 aliphatic rings. The Balaban J connectivity index is 1.78. The van der Waals surface area contributed by atoms with Crippen LogP contribution in [0.5, 0.6) is 11.5 Å². The van der Waals surface area contributed by atoms with Crippen molar-refractivity contribution < 1.29 is 9.47 Å². The number of nitrogens with zero attached hydrogens (tertiary/aromatic N) is 1. The van der Waals surface area contributed by atoms with Crippen LogP contribution in [-0.2, 0) is 13.0 Å². The topological polar surface area (TPSA) is 47.7 Å². The Morgan fingerprint density at radius 1 is 1.10 bits per heavy atom. The van der Waals surface area contributed by atoms with Crippen molar-refractivity contribution in [1.29, 1.82) is 0 Å². The van der Waals surface area contributed by atoms with Gasteiger partial charge < -0.3 is 15.2 Å². The van der Waals surface area contributed by atoms with E-state index in [1.54, 1.807) is 14.2 Å². The molecule has 1 aromatic rings. The number of ether oxygens (including phenoxy) is 2. The van der Waals surface area contributed by atoms with Gasteiger partial charge in [0.15, 0.2) is 11.5 Å². The van der Waals surface area contributed by atoms with Crippen LogP contribution in [0, 0.1) is 0 Å². The number of benzene rings is 1. The first kappa shape index (κ1) is 14.7. The predicted molar refractivity (Wildman–Crippen MR) is 83.9 cm³/mol. The minimum atomic E-state index is 0.385. The highest BCUT2D eigenvalue weighted by Crippen LogP contribution is 2.34. The lowest BCUT2D eigenvalue weighted by molar-refractivity contribution is 0.133. The third-order valence-corrected chi connectivity index (χ3v) is 4.95. The van der Waals surface area contributed by atoms with Crippen molar-refractivity contribution in [3.8, 4) is 11.5 Å². The molecule has 116 valence electrons. The fraction of sp³-hybridized carbons (Fsp3) is 0.647. The van der Waals surface area contributed by atoms with Gasteiger partial charge in [-0.3, -0.25) is 4.90 Å². The van der Waals surface area contributed by atoms with E-state index in [0.29, 0.717) is 12.1 Å². The Kier molecular flexibility index (Phi) is 4.36. The van der Waals surface area contributed by atoms with E-state index in [9.17, 15) is 0 Å². The molecule has 4 heteroatoms. The van der Waals surface area contributed by atoms with Gasteiger partial charge in [0.1, 0.15) is 0 Å². The second-order valence-electron chi connectivity index (χ2n) is 6.28. The normalized spacial score (nSPS) is 26.2. The summed E-state index contributed by atoms with van der Waals surface area (Å²) in [6, 6.07) is 5.31. The number of nitrogens with two attached hydrogens (primary N) is 1. The summed E-state index contributed by atoms with van der Waals surface area (Å²) in [5, 5.41) is 0. The minimum Gasteiger partial charge on any atom is -0.493 e. The summed E-state index contributed by atoms with van der Waals surface area (Å²) < 4.78 is 10.8. The number of hydrogen-bond acceptors (Lipinski definition) is 4. The molecule has 1 heterocycles. The number of rotatable bonds is 3. The van der Waals surface area contributed by atoms with Crippen LogP contribution in [0.25, 0.3) is 0 Å². The fourth-order valence-corrected chi connectivity index (χ4v) is 3.75. The summed E-state index contributed by atoms with van der Waals surface area (Å²) in [6.45, 7) is 2.13. The Labute approximate surface area is 127 Å². The highest BCUT2D eigenvalue weighted by molar-refractivity contribution is 5.48. The van der Waals surface area contributed by atoms with Gasteiger partial charge in [-0.25, -0.2) is 0 Å². The molecule has 1 aliphatic heterocycles. The number of methoxy groups -OCH3 is 2. The molecule has 4 nitrogen and oxygen atoms in total. The lowest BCUT2D eigenvalue weighted by Crippen LogP contribution is -2.44. The van der Waals surface area contributed by atoms with E-state index in [0.717, 1.165) is 37.4 Å². The third-order valence-electron chi connectivity index (χ3n) is 4.95. The lowest BCUT2D eigenvalue weighted by Gasteiger charge is -2.39. The molecule has 1 fully saturated rings. The van der Waals surface area contributed by atoms with Crippen molar-refractivity contribution >= 4 is 0 Å². The van der Waals surface area contributed by atoms with Crippen LogP contribution in [0.1, 0.15) is 36.8 Å². The van der Waals surface area contributed by atoms with Gasteiger partial charge in [-0.15, -0.1) is 0 Å². The molecule has 0 spiro atoms. The van der Waals surface area contributed by atoms with Crippen molar-refractivity contribution in [2.75, 3.05) is 20.8 Å². The summed E-state index contributed by atoms with van der Waals surface area (Å²) in [5.74, 6) is 1.67. The van der Waals surface area contributed by atoms with E-state index >= 15 is 0 Å². The Morgan fingerprint density at radius 2 is 1.81 bits per heavy atom. The maximum Gasteiger partial charge on any atom is 0.161 e. The van der Waals surface area contributed by atoms with Gasteiger partial charge >= 0.3 is 0 Å². The quantitative estimate of drug-likeness (QED) is 0.928. The first-order valence-corrected chi connectivity index (χ1v) is 7.94. The molecule has 21 heavy (non-hydrogen) atoms. The summed E-state index contributed by atoms with van der Waals surface area (Å²) >= 11 is 0. The molecule has 1 saturated carbocycles. The lowest BCUT2D eigenvalue weighted by atomic mass is 9.88. The van der Waals surface area contributed by atoms with Crippen molar-refractivity contribution in [2.45, 2.75) is 50.7 Å². The molecule has 0 radical (unpaired) electrons. The largest absolute Gasteiger partial charge is 0.493 e. The van der Waals surface area contributed by atoms with Crippen LogP contribution in [0.3, 0.4) is 0 Å². The van der Waals surface area contributed by atoms with E-state index in [1.807, 2.05) is 0 Å². The van der Waals surface area contributed by atoms with E-state index in [-0.39, 0.29) is 0 Å². The van der Waals surface area contributed by atoms with E-state index in [4.69, 9.17) is 15.2 Å². The third kappa shape index (κ3) is 3.01. The summed E-state index contributed by atoms with van der Waals surface area (Å²) in [6.07, 6.45) is 5.97. The molecule has 0 saturated heterocycles. The molecule has 0 aromatic heterocycles. The van der Waals surface area contributed by atoms with Gasteiger partial charge in [0.05, 0.1) is 14.2 Å². The summed E-state index contributed by atoms with van der Waals surface area (Å²) in [5.41, 5.74) is 8.91. The highest BCUT2D eigenvalue weighted by atomic mass is 16.5. The zero-order valence-corrected chi connectivity index (χ0v) is 13.1. The average Bonchev–Trinajstić information content (AvgIpc) is 2.53. The van der Waals surface area contributed by atoms with Gasteiger partial charge in [0.25, 0.3) is 0 Å². The van der Waals surface area contributed by atoms with Crippen LogP contribution < -0.4 is 15.2 Å². The van der Waals surface area contributed by atoms with Gasteiger partial charge in [-0.2, -0.15) is 0 Å².